The highest BCUT2D eigenvalue weighted by molar-refractivity contribution is 6.36. The number of hydrogen-bond donors (Lipinski definition) is 2. The summed E-state index contributed by atoms with van der Waals surface area (Å²) in [6.45, 7) is 4.24. The second kappa shape index (κ2) is 7.68. The molecule has 1 saturated carbocycles. The number of carbonyl (C=O) groups is 2. The Labute approximate surface area is 162 Å². The Balaban J connectivity index is 1.55. The average molecular weight is 391 g/mol. The van der Waals surface area contributed by atoms with Gasteiger partial charge in [-0.2, -0.15) is 0 Å². The minimum absolute atomic E-state index is 0.135. The minimum Gasteiger partial charge on any atom is -0.326 e. The number of benzene rings is 2. The fourth-order valence-corrected chi connectivity index (χ4v) is 3.23. The fourth-order valence-electron chi connectivity index (χ4n) is 2.78. The number of nitrogens with one attached hydrogen (secondary N) is 2. The number of anilines is 2. The summed E-state index contributed by atoms with van der Waals surface area (Å²) in [5.41, 5.74) is 2.45. The third-order valence-corrected chi connectivity index (χ3v) is 5.05. The molecule has 6 heteroatoms. The predicted molar refractivity (Wildman–Crippen MR) is 106 cm³/mol. The van der Waals surface area contributed by atoms with Gasteiger partial charge in [-0.15, -0.1) is 0 Å². The Kier molecular flexibility index (Phi) is 5.54. The average Bonchev–Trinajstić information content (AvgIpc) is 3.39. The Bertz CT molecular complexity index is 834. The Morgan fingerprint density at radius 3 is 2.15 bits per heavy atom. The fraction of sp³-hybridized carbons (Fsp3) is 0.300. The molecule has 0 bridgehead atoms. The van der Waals surface area contributed by atoms with Crippen LogP contribution < -0.4 is 10.6 Å². The van der Waals surface area contributed by atoms with Crippen LogP contribution in [-0.4, -0.2) is 11.8 Å². The van der Waals surface area contributed by atoms with Crippen LogP contribution in [0, 0.1) is 11.8 Å². The predicted octanol–water partition coefficient (Wildman–Crippen LogP) is 5.33. The van der Waals surface area contributed by atoms with Crippen LogP contribution in [0.25, 0.3) is 0 Å². The molecule has 2 unspecified atom stereocenters. The zero-order valence-electron chi connectivity index (χ0n) is 14.6. The van der Waals surface area contributed by atoms with Crippen LogP contribution in [0.4, 0.5) is 11.4 Å². The first kappa shape index (κ1) is 18.7. The first-order valence-corrected chi connectivity index (χ1v) is 9.27. The van der Waals surface area contributed by atoms with E-state index < -0.39 is 0 Å². The van der Waals surface area contributed by atoms with Crippen molar-refractivity contribution in [2.45, 2.75) is 26.2 Å². The summed E-state index contributed by atoms with van der Waals surface area (Å²) in [6.07, 6.45) is 0.535. The molecule has 3 rings (SSSR count). The van der Waals surface area contributed by atoms with Crippen LogP contribution in [0.2, 0.25) is 10.0 Å². The number of amides is 2. The molecule has 136 valence electrons. The van der Waals surface area contributed by atoms with Crippen LogP contribution in [-0.2, 0) is 9.59 Å². The maximum absolute atomic E-state index is 12.3. The van der Waals surface area contributed by atoms with Gasteiger partial charge in [0.1, 0.15) is 0 Å². The number of carbonyl (C=O) groups excluding carboxylic acids is 2. The molecule has 1 aliphatic carbocycles. The zero-order valence-corrected chi connectivity index (χ0v) is 16.1. The van der Waals surface area contributed by atoms with E-state index in [0.29, 0.717) is 28.1 Å². The van der Waals surface area contributed by atoms with Crippen LogP contribution in [0.1, 0.15) is 31.7 Å². The molecule has 1 aliphatic rings. The molecule has 2 aromatic rings. The zero-order chi connectivity index (χ0) is 18.8. The number of hydrogen-bond acceptors (Lipinski definition) is 2. The minimum atomic E-state index is -0.336. The lowest BCUT2D eigenvalue weighted by atomic mass is 10.0. The molecule has 0 heterocycles. The lowest BCUT2D eigenvalue weighted by molar-refractivity contribution is -0.122. The molecule has 0 radical (unpaired) electrons. The van der Waals surface area contributed by atoms with E-state index in [2.05, 4.69) is 24.5 Å². The van der Waals surface area contributed by atoms with Crippen molar-refractivity contribution in [3.63, 3.8) is 0 Å². The van der Waals surface area contributed by atoms with Gasteiger partial charge < -0.3 is 10.6 Å². The van der Waals surface area contributed by atoms with E-state index in [9.17, 15) is 9.59 Å². The highest BCUT2D eigenvalue weighted by Crippen LogP contribution is 2.40. The standard InChI is InChI=1S/C20H20Cl2N2O2/c1-11(2)12-3-6-14(7-4-12)23-19(25)15-10-16(15)20(26)24-18-8-5-13(21)9-17(18)22/h3-9,11,15-16H,10H2,1-2H3,(H,23,25)(H,24,26). The van der Waals surface area contributed by atoms with Gasteiger partial charge in [0.15, 0.2) is 0 Å². The van der Waals surface area contributed by atoms with E-state index in [1.54, 1.807) is 18.2 Å². The van der Waals surface area contributed by atoms with Gasteiger partial charge in [-0.3, -0.25) is 9.59 Å². The third kappa shape index (κ3) is 4.37. The molecule has 4 nitrogen and oxygen atoms in total. The molecule has 0 aromatic heterocycles. The summed E-state index contributed by atoms with van der Waals surface area (Å²) in [5, 5.41) is 6.51. The largest absolute Gasteiger partial charge is 0.326 e. The van der Waals surface area contributed by atoms with Crippen molar-refractivity contribution in [3.05, 3.63) is 58.1 Å². The summed E-state index contributed by atoms with van der Waals surface area (Å²) >= 11 is 11.9. The van der Waals surface area contributed by atoms with E-state index in [1.807, 2.05) is 24.3 Å². The third-order valence-electron chi connectivity index (χ3n) is 4.50. The molecule has 2 atom stereocenters. The summed E-state index contributed by atoms with van der Waals surface area (Å²) in [6, 6.07) is 12.6. The highest BCUT2D eigenvalue weighted by atomic mass is 35.5. The van der Waals surface area contributed by atoms with Crippen molar-refractivity contribution >= 4 is 46.4 Å². The lowest BCUT2D eigenvalue weighted by Gasteiger charge is -2.09. The molecule has 0 aliphatic heterocycles. The van der Waals surface area contributed by atoms with Gasteiger partial charge in [0.2, 0.25) is 11.8 Å². The highest BCUT2D eigenvalue weighted by Gasteiger charge is 2.48. The van der Waals surface area contributed by atoms with Gasteiger partial charge in [0.05, 0.1) is 22.5 Å². The molecular weight excluding hydrogens is 371 g/mol. The lowest BCUT2D eigenvalue weighted by Crippen LogP contribution is -2.20. The van der Waals surface area contributed by atoms with Gasteiger partial charge in [-0.25, -0.2) is 0 Å². The number of halogens is 2. The van der Waals surface area contributed by atoms with Gasteiger partial charge in [-0.1, -0.05) is 49.2 Å². The van der Waals surface area contributed by atoms with Crippen molar-refractivity contribution < 1.29 is 9.59 Å². The van der Waals surface area contributed by atoms with Crippen LogP contribution in [0.5, 0.6) is 0 Å². The summed E-state index contributed by atoms with van der Waals surface area (Å²) in [5.74, 6) is -0.548. The van der Waals surface area contributed by atoms with Crippen molar-refractivity contribution in [3.8, 4) is 0 Å². The molecule has 2 N–H and O–H groups in total. The molecule has 2 aromatic carbocycles. The Morgan fingerprint density at radius 1 is 0.962 bits per heavy atom. The quantitative estimate of drug-likeness (QED) is 0.724. The summed E-state index contributed by atoms with van der Waals surface area (Å²) in [4.78, 5) is 24.7. The van der Waals surface area contributed by atoms with Gasteiger partial charge >= 0.3 is 0 Å². The monoisotopic (exact) mass is 390 g/mol. The van der Waals surface area contributed by atoms with Gasteiger partial charge in [-0.05, 0) is 48.2 Å². The molecule has 1 fully saturated rings. The number of rotatable bonds is 5. The van der Waals surface area contributed by atoms with Gasteiger partial charge in [0, 0.05) is 10.7 Å². The summed E-state index contributed by atoms with van der Waals surface area (Å²) in [7, 11) is 0. The molecular formula is C20H20Cl2N2O2. The van der Waals surface area contributed by atoms with Crippen LogP contribution in [0.3, 0.4) is 0 Å². The molecule has 2 amide bonds. The Hall–Kier alpha value is -2.04. The van der Waals surface area contributed by atoms with E-state index in [4.69, 9.17) is 23.2 Å². The normalized spacial score (nSPS) is 18.5. The van der Waals surface area contributed by atoms with Gasteiger partial charge in [0.25, 0.3) is 0 Å². The van der Waals surface area contributed by atoms with E-state index in [-0.39, 0.29) is 23.7 Å². The van der Waals surface area contributed by atoms with E-state index in [1.165, 1.54) is 5.56 Å². The maximum Gasteiger partial charge on any atom is 0.228 e. The smallest absolute Gasteiger partial charge is 0.228 e. The second-order valence-corrected chi connectivity index (χ2v) is 7.67. The Morgan fingerprint density at radius 2 is 1.58 bits per heavy atom. The first-order valence-electron chi connectivity index (χ1n) is 8.52. The molecule has 26 heavy (non-hydrogen) atoms. The SMILES string of the molecule is CC(C)c1ccc(NC(=O)C2CC2C(=O)Nc2ccc(Cl)cc2Cl)cc1. The van der Waals surface area contributed by atoms with Crippen molar-refractivity contribution in [1.29, 1.82) is 0 Å². The molecule has 0 spiro atoms. The van der Waals surface area contributed by atoms with E-state index in [0.717, 1.165) is 5.69 Å². The maximum atomic E-state index is 12.3. The molecule has 0 saturated heterocycles. The van der Waals surface area contributed by atoms with Crippen LogP contribution >= 0.6 is 23.2 Å². The van der Waals surface area contributed by atoms with Crippen molar-refractivity contribution in [2.75, 3.05) is 10.6 Å². The second-order valence-electron chi connectivity index (χ2n) is 6.83. The van der Waals surface area contributed by atoms with Crippen LogP contribution in [0.15, 0.2) is 42.5 Å². The van der Waals surface area contributed by atoms with E-state index >= 15 is 0 Å². The summed E-state index contributed by atoms with van der Waals surface area (Å²) < 4.78 is 0. The topological polar surface area (TPSA) is 58.2 Å². The first-order chi connectivity index (χ1) is 12.3. The van der Waals surface area contributed by atoms with Crippen molar-refractivity contribution in [1.82, 2.24) is 0 Å². The van der Waals surface area contributed by atoms with Crippen molar-refractivity contribution in [2.24, 2.45) is 11.8 Å².